The van der Waals surface area contributed by atoms with Crippen LogP contribution in [0.3, 0.4) is 0 Å². The minimum Gasteiger partial charge on any atom is -0.491 e. The van der Waals surface area contributed by atoms with Crippen LogP contribution in [-0.4, -0.2) is 40.7 Å². The van der Waals surface area contributed by atoms with E-state index in [9.17, 15) is 0 Å². The van der Waals surface area contributed by atoms with Crippen molar-refractivity contribution in [1.82, 2.24) is 14.5 Å². The van der Waals surface area contributed by atoms with Gasteiger partial charge in [-0.25, -0.2) is 4.98 Å². The maximum Gasteiger partial charge on any atom is 0.148 e. The molecule has 0 radical (unpaired) electrons. The Labute approximate surface area is 270 Å². The molecule has 2 heterocycles. The Morgan fingerprint density at radius 3 is 2.36 bits per heavy atom. The van der Waals surface area contributed by atoms with E-state index in [1.165, 1.54) is 89.4 Å². The van der Waals surface area contributed by atoms with E-state index in [2.05, 4.69) is 58.0 Å². The van der Waals surface area contributed by atoms with E-state index in [1.54, 1.807) is 0 Å². The Bertz CT molecular complexity index is 1430. The molecule has 0 unspecified atom stereocenters. The SMILES string of the molecule is Clc1ccc(OCc2nc3c(OCC4CCCCC4)cccc3n2CCCC2CCN(CCCc3ccccc3)CC2)cc1.[HH]. The molecule has 0 bridgehead atoms. The number of imidazole rings is 1. The second-order valence-corrected chi connectivity index (χ2v) is 13.3. The molecule has 44 heavy (non-hydrogen) atoms. The summed E-state index contributed by atoms with van der Waals surface area (Å²) in [4.78, 5) is 7.79. The van der Waals surface area contributed by atoms with E-state index < -0.39 is 0 Å². The number of aryl methyl sites for hydroxylation is 2. The van der Waals surface area contributed by atoms with E-state index in [0.29, 0.717) is 17.5 Å². The molecule has 1 aliphatic heterocycles. The first-order valence-corrected chi connectivity index (χ1v) is 17.3. The summed E-state index contributed by atoms with van der Waals surface area (Å²) in [5.41, 5.74) is 3.56. The third kappa shape index (κ3) is 8.57. The fraction of sp³-hybridized carbons (Fsp3) is 0.500. The van der Waals surface area contributed by atoms with Crippen LogP contribution >= 0.6 is 11.6 Å². The van der Waals surface area contributed by atoms with Crippen molar-refractivity contribution in [2.75, 3.05) is 26.2 Å². The summed E-state index contributed by atoms with van der Waals surface area (Å²) in [6, 6.07) is 24.9. The Morgan fingerprint density at radius 2 is 1.57 bits per heavy atom. The molecule has 4 aromatic rings. The maximum atomic E-state index is 6.43. The molecular weight excluding hydrogens is 566 g/mol. The lowest BCUT2D eigenvalue weighted by Crippen LogP contribution is -2.34. The largest absolute Gasteiger partial charge is 0.491 e. The van der Waals surface area contributed by atoms with Crippen molar-refractivity contribution in [3.05, 3.63) is 89.2 Å². The van der Waals surface area contributed by atoms with E-state index in [0.717, 1.165) is 53.8 Å². The number of likely N-dealkylation sites (tertiary alicyclic amines) is 1. The second-order valence-electron chi connectivity index (χ2n) is 12.9. The maximum absolute atomic E-state index is 6.43. The molecule has 1 saturated heterocycles. The zero-order chi connectivity index (χ0) is 30.0. The minimum atomic E-state index is 0. The van der Waals surface area contributed by atoms with Crippen molar-refractivity contribution < 1.29 is 10.9 Å². The summed E-state index contributed by atoms with van der Waals surface area (Å²) in [6.07, 6.45) is 14.0. The molecule has 0 spiro atoms. The summed E-state index contributed by atoms with van der Waals surface area (Å²) < 4.78 is 15.0. The van der Waals surface area contributed by atoms with Crippen LogP contribution in [-0.2, 0) is 19.6 Å². The van der Waals surface area contributed by atoms with Gasteiger partial charge >= 0.3 is 0 Å². The first kappa shape index (κ1) is 31.0. The van der Waals surface area contributed by atoms with Crippen molar-refractivity contribution in [1.29, 1.82) is 0 Å². The average Bonchev–Trinajstić information content (AvgIpc) is 3.43. The van der Waals surface area contributed by atoms with Crippen LogP contribution in [0.4, 0.5) is 0 Å². The zero-order valence-electron chi connectivity index (χ0n) is 26.1. The van der Waals surface area contributed by atoms with Crippen molar-refractivity contribution >= 4 is 22.6 Å². The molecule has 1 saturated carbocycles. The molecule has 3 aromatic carbocycles. The number of ether oxygens (including phenoxy) is 2. The molecule has 2 fully saturated rings. The van der Waals surface area contributed by atoms with Gasteiger partial charge in [0.15, 0.2) is 0 Å². The Kier molecular flexibility index (Phi) is 11.1. The Morgan fingerprint density at radius 1 is 0.773 bits per heavy atom. The number of hydrogen-bond donors (Lipinski definition) is 0. The van der Waals surface area contributed by atoms with Gasteiger partial charge in [-0.3, -0.25) is 0 Å². The highest BCUT2D eigenvalue weighted by Gasteiger charge is 2.21. The highest BCUT2D eigenvalue weighted by molar-refractivity contribution is 6.30. The van der Waals surface area contributed by atoms with E-state index in [1.807, 2.05) is 24.3 Å². The van der Waals surface area contributed by atoms with Gasteiger partial charge in [0, 0.05) is 13.0 Å². The van der Waals surface area contributed by atoms with Crippen LogP contribution in [0.15, 0.2) is 72.8 Å². The predicted octanol–water partition coefficient (Wildman–Crippen LogP) is 9.60. The van der Waals surface area contributed by atoms with Crippen LogP contribution < -0.4 is 9.47 Å². The minimum absolute atomic E-state index is 0. The Balaban J connectivity index is 0.00000400. The number of benzene rings is 3. The molecular formula is C38H50ClN3O2. The van der Waals surface area contributed by atoms with Crippen molar-refractivity contribution in [3.8, 4) is 11.5 Å². The number of halogens is 1. The molecule has 1 aliphatic carbocycles. The first-order chi connectivity index (χ1) is 21.7. The predicted molar refractivity (Wildman–Crippen MR) is 183 cm³/mol. The van der Waals surface area contributed by atoms with Gasteiger partial charge < -0.3 is 18.9 Å². The molecule has 0 N–H and O–H groups in total. The fourth-order valence-electron chi connectivity index (χ4n) is 7.07. The van der Waals surface area contributed by atoms with E-state index >= 15 is 0 Å². The summed E-state index contributed by atoms with van der Waals surface area (Å²) in [5, 5.41) is 0.711. The summed E-state index contributed by atoms with van der Waals surface area (Å²) in [5.74, 6) is 4.12. The number of para-hydroxylation sites is 1. The first-order valence-electron chi connectivity index (χ1n) is 17.0. The Hall–Kier alpha value is -3.02. The lowest BCUT2D eigenvalue weighted by molar-refractivity contribution is 0.175. The molecule has 5 nitrogen and oxygen atoms in total. The van der Waals surface area contributed by atoms with Crippen LogP contribution in [0.2, 0.25) is 5.02 Å². The highest BCUT2D eigenvalue weighted by Crippen LogP contribution is 2.31. The van der Waals surface area contributed by atoms with Crippen LogP contribution in [0.1, 0.15) is 77.0 Å². The quantitative estimate of drug-likeness (QED) is 0.142. The third-order valence-electron chi connectivity index (χ3n) is 9.69. The van der Waals surface area contributed by atoms with Crippen LogP contribution in [0.5, 0.6) is 11.5 Å². The van der Waals surface area contributed by atoms with Gasteiger partial charge in [0.25, 0.3) is 0 Å². The van der Waals surface area contributed by atoms with Gasteiger partial charge in [-0.1, -0.05) is 67.3 Å². The van der Waals surface area contributed by atoms with Crippen molar-refractivity contribution in [3.63, 3.8) is 0 Å². The zero-order valence-corrected chi connectivity index (χ0v) is 26.9. The highest BCUT2D eigenvalue weighted by atomic mass is 35.5. The fourth-order valence-corrected chi connectivity index (χ4v) is 7.20. The molecule has 6 rings (SSSR count). The lowest BCUT2D eigenvalue weighted by atomic mass is 9.90. The second kappa shape index (κ2) is 15.8. The smallest absolute Gasteiger partial charge is 0.148 e. The van der Waals surface area contributed by atoms with Gasteiger partial charge in [0.05, 0.1) is 12.1 Å². The number of rotatable bonds is 14. The average molecular weight is 616 g/mol. The number of fused-ring (bicyclic) bond motifs is 1. The van der Waals surface area contributed by atoms with Crippen LogP contribution in [0.25, 0.3) is 11.0 Å². The lowest BCUT2D eigenvalue weighted by Gasteiger charge is -2.32. The van der Waals surface area contributed by atoms with Gasteiger partial charge in [0.2, 0.25) is 0 Å². The van der Waals surface area contributed by atoms with Gasteiger partial charge in [0.1, 0.15) is 29.4 Å². The number of aromatic nitrogens is 2. The normalized spacial score (nSPS) is 16.8. The van der Waals surface area contributed by atoms with Gasteiger partial charge in [-0.15, -0.1) is 0 Å². The van der Waals surface area contributed by atoms with Crippen LogP contribution in [0, 0.1) is 11.8 Å². The summed E-state index contributed by atoms with van der Waals surface area (Å²) in [7, 11) is 0. The molecule has 2 aliphatic rings. The number of nitrogens with zero attached hydrogens (tertiary/aromatic N) is 3. The number of hydrogen-bond acceptors (Lipinski definition) is 4. The van der Waals surface area contributed by atoms with E-state index in [4.69, 9.17) is 26.1 Å². The van der Waals surface area contributed by atoms with Crippen molar-refractivity contribution in [2.45, 2.75) is 83.8 Å². The van der Waals surface area contributed by atoms with Gasteiger partial charge in [-0.05, 0) is 125 Å². The third-order valence-corrected chi connectivity index (χ3v) is 9.94. The van der Waals surface area contributed by atoms with Crippen molar-refractivity contribution in [2.24, 2.45) is 11.8 Å². The monoisotopic (exact) mass is 615 g/mol. The molecule has 236 valence electrons. The molecule has 6 heteroatoms. The standard InChI is InChI=1S/C38H48ClN3O2.H2/c39-33-18-20-34(21-19-33)43-29-37-40-38-35(16-7-17-36(38)44-28-32-12-5-2-6-13-32)42(37)25-9-15-31-22-26-41(27-23-31)24-8-14-30-10-3-1-4-11-30;/h1,3-4,7,10-11,16-21,31-32H,2,5-6,8-9,12-15,22-29H2;1H. The number of piperidine rings is 1. The molecule has 0 amide bonds. The molecule has 1 aromatic heterocycles. The molecule has 0 atom stereocenters. The summed E-state index contributed by atoms with van der Waals surface area (Å²) >= 11 is 6.10. The van der Waals surface area contributed by atoms with Gasteiger partial charge in [-0.2, -0.15) is 0 Å². The topological polar surface area (TPSA) is 39.5 Å². The van der Waals surface area contributed by atoms with E-state index in [-0.39, 0.29) is 1.43 Å². The summed E-state index contributed by atoms with van der Waals surface area (Å²) in [6.45, 7) is 5.82.